The first-order valence-corrected chi connectivity index (χ1v) is 6.55. The fourth-order valence-electron chi connectivity index (χ4n) is 2.13. The minimum Gasteiger partial charge on any atom is -0.505 e. The molecule has 0 amide bonds. The zero-order valence-corrected chi connectivity index (χ0v) is 11.1. The van der Waals surface area contributed by atoms with Crippen LogP contribution < -0.4 is 0 Å². The molecule has 2 aromatic carbocycles. The van der Waals surface area contributed by atoms with Crippen LogP contribution in [0.4, 0.5) is 11.4 Å². The van der Waals surface area contributed by atoms with E-state index in [4.69, 9.17) is 0 Å². The summed E-state index contributed by atoms with van der Waals surface area (Å²) < 4.78 is 0. The fourth-order valence-corrected chi connectivity index (χ4v) is 2.13. The molecule has 6 heteroatoms. The van der Waals surface area contributed by atoms with E-state index in [1.54, 1.807) is 6.07 Å². The lowest BCUT2D eigenvalue weighted by Crippen LogP contribution is -1.81. The molecule has 4 N–H and O–H groups in total. The lowest BCUT2D eigenvalue weighted by atomic mass is 10.1. The standard InChI is InChI=1S/C15H14N2O4/c18-10-2-1-3-11(19)13(10)16-17-14-12(20)7-6-9(15(14)21)8-4-5-8/h1-3,6-8,18-21H,4-5H2. The van der Waals surface area contributed by atoms with Crippen molar-refractivity contribution in [1.82, 2.24) is 0 Å². The zero-order valence-electron chi connectivity index (χ0n) is 11.1. The fraction of sp³-hybridized carbons (Fsp3) is 0.200. The number of aromatic hydroxyl groups is 4. The van der Waals surface area contributed by atoms with Crippen molar-refractivity contribution in [3.8, 4) is 23.0 Å². The van der Waals surface area contributed by atoms with E-state index < -0.39 is 0 Å². The minimum atomic E-state index is -0.240. The molecule has 0 aliphatic heterocycles. The van der Waals surface area contributed by atoms with Gasteiger partial charge in [-0.1, -0.05) is 12.1 Å². The predicted octanol–water partition coefficient (Wildman–Crippen LogP) is 3.80. The SMILES string of the molecule is Oc1cccc(O)c1N=Nc1c(O)ccc(C2CC2)c1O. The molecule has 0 atom stereocenters. The molecule has 108 valence electrons. The summed E-state index contributed by atoms with van der Waals surface area (Å²) in [5.41, 5.74) is 0.540. The first kappa shape index (κ1) is 13.2. The first-order valence-electron chi connectivity index (χ1n) is 6.55. The van der Waals surface area contributed by atoms with Crippen molar-refractivity contribution in [3.63, 3.8) is 0 Å². The van der Waals surface area contributed by atoms with Crippen molar-refractivity contribution in [3.05, 3.63) is 35.9 Å². The molecule has 0 radical (unpaired) electrons. The Morgan fingerprint density at radius 2 is 1.33 bits per heavy atom. The van der Waals surface area contributed by atoms with Gasteiger partial charge in [-0.15, -0.1) is 10.2 Å². The molecule has 0 saturated heterocycles. The number of benzene rings is 2. The van der Waals surface area contributed by atoms with E-state index in [0.717, 1.165) is 18.4 Å². The van der Waals surface area contributed by atoms with Crippen LogP contribution >= 0.6 is 0 Å². The summed E-state index contributed by atoms with van der Waals surface area (Å²) in [6, 6.07) is 7.29. The quantitative estimate of drug-likeness (QED) is 0.644. The summed E-state index contributed by atoms with van der Waals surface area (Å²) >= 11 is 0. The Labute approximate surface area is 120 Å². The highest BCUT2D eigenvalue weighted by Gasteiger charge is 2.28. The van der Waals surface area contributed by atoms with E-state index >= 15 is 0 Å². The van der Waals surface area contributed by atoms with Crippen molar-refractivity contribution < 1.29 is 20.4 Å². The molecule has 6 nitrogen and oxygen atoms in total. The summed E-state index contributed by atoms with van der Waals surface area (Å²) in [5.74, 6) is -0.517. The van der Waals surface area contributed by atoms with Gasteiger partial charge in [0.15, 0.2) is 11.4 Å². The van der Waals surface area contributed by atoms with E-state index in [-0.39, 0.29) is 40.3 Å². The zero-order chi connectivity index (χ0) is 15.0. The highest BCUT2D eigenvalue weighted by Crippen LogP contribution is 2.50. The normalized spacial score (nSPS) is 14.7. The molecule has 1 aliphatic carbocycles. The predicted molar refractivity (Wildman–Crippen MR) is 75.7 cm³/mol. The van der Waals surface area contributed by atoms with Crippen molar-refractivity contribution in [2.45, 2.75) is 18.8 Å². The number of azo groups is 1. The average Bonchev–Trinajstić information content (AvgIpc) is 3.26. The highest BCUT2D eigenvalue weighted by atomic mass is 16.3. The first-order chi connectivity index (χ1) is 10.1. The topological polar surface area (TPSA) is 106 Å². The number of hydrogen-bond acceptors (Lipinski definition) is 6. The van der Waals surface area contributed by atoms with E-state index in [1.807, 2.05) is 0 Å². The number of phenols is 4. The van der Waals surface area contributed by atoms with Gasteiger partial charge in [0, 0.05) is 0 Å². The summed E-state index contributed by atoms with van der Waals surface area (Å²) in [6.07, 6.45) is 1.99. The summed E-state index contributed by atoms with van der Waals surface area (Å²) in [7, 11) is 0. The monoisotopic (exact) mass is 286 g/mol. The molecule has 1 fully saturated rings. The van der Waals surface area contributed by atoms with Crippen LogP contribution in [0.1, 0.15) is 24.3 Å². The molecule has 1 aliphatic rings. The maximum Gasteiger partial charge on any atom is 0.169 e. The second-order valence-corrected chi connectivity index (χ2v) is 4.99. The van der Waals surface area contributed by atoms with Crippen LogP contribution in [-0.2, 0) is 0 Å². The highest BCUT2D eigenvalue weighted by molar-refractivity contribution is 5.66. The van der Waals surface area contributed by atoms with Crippen LogP contribution in [0.25, 0.3) is 0 Å². The summed E-state index contributed by atoms with van der Waals surface area (Å²) in [4.78, 5) is 0. The average molecular weight is 286 g/mol. The van der Waals surface area contributed by atoms with Crippen molar-refractivity contribution in [2.75, 3.05) is 0 Å². The van der Waals surface area contributed by atoms with Crippen molar-refractivity contribution in [2.24, 2.45) is 10.2 Å². The van der Waals surface area contributed by atoms with Crippen LogP contribution in [-0.4, -0.2) is 20.4 Å². The molecule has 0 bridgehead atoms. The lowest BCUT2D eigenvalue weighted by molar-refractivity contribution is 0.445. The molecule has 0 spiro atoms. The maximum atomic E-state index is 10.2. The minimum absolute atomic E-state index is 0.0675. The second-order valence-electron chi connectivity index (χ2n) is 4.99. The van der Waals surface area contributed by atoms with E-state index in [0.29, 0.717) is 0 Å². The third-order valence-electron chi connectivity index (χ3n) is 3.42. The van der Waals surface area contributed by atoms with Crippen molar-refractivity contribution in [1.29, 1.82) is 0 Å². The van der Waals surface area contributed by atoms with Gasteiger partial charge < -0.3 is 20.4 Å². The van der Waals surface area contributed by atoms with Gasteiger partial charge in [0.2, 0.25) is 0 Å². The van der Waals surface area contributed by atoms with Crippen LogP contribution in [0.3, 0.4) is 0 Å². The van der Waals surface area contributed by atoms with Crippen LogP contribution in [0.15, 0.2) is 40.6 Å². The molecule has 3 rings (SSSR count). The third kappa shape index (κ3) is 2.47. The summed E-state index contributed by atoms with van der Waals surface area (Å²) in [5, 5.41) is 46.7. The Kier molecular flexibility index (Phi) is 3.13. The summed E-state index contributed by atoms with van der Waals surface area (Å²) in [6.45, 7) is 0. The van der Waals surface area contributed by atoms with Gasteiger partial charge in [0.1, 0.15) is 23.0 Å². The molecule has 0 aromatic heterocycles. The number of rotatable bonds is 3. The molecule has 21 heavy (non-hydrogen) atoms. The van der Waals surface area contributed by atoms with E-state index in [9.17, 15) is 20.4 Å². The largest absolute Gasteiger partial charge is 0.505 e. The van der Waals surface area contributed by atoms with E-state index in [1.165, 1.54) is 24.3 Å². The Hall–Kier alpha value is -2.76. The molecular formula is C15H14N2O4. The second kappa shape index (κ2) is 4.97. The van der Waals surface area contributed by atoms with Gasteiger partial charge >= 0.3 is 0 Å². The Balaban J connectivity index is 2.01. The Morgan fingerprint density at radius 1 is 0.762 bits per heavy atom. The van der Waals surface area contributed by atoms with Gasteiger partial charge in [-0.2, -0.15) is 0 Å². The van der Waals surface area contributed by atoms with Gasteiger partial charge in [0.05, 0.1) is 0 Å². The smallest absolute Gasteiger partial charge is 0.169 e. The molecule has 0 heterocycles. The van der Waals surface area contributed by atoms with Gasteiger partial charge in [0.25, 0.3) is 0 Å². The number of phenolic OH excluding ortho intramolecular Hbond substituents is 4. The van der Waals surface area contributed by atoms with Crippen LogP contribution in [0, 0.1) is 0 Å². The third-order valence-corrected chi connectivity index (χ3v) is 3.42. The van der Waals surface area contributed by atoms with Gasteiger partial charge in [-0.3, -0.25) is 0 Å². The molecule has 0 unspecified atom stereocenters. The Morgan fingerprint density at radius 3 is 1.95 bits per heavy atom. The maximum absolute atomic E-state index is 10.2. The number of hydrogen-bond donors (Lipinski definition) is 4. The van der Waals surface area contributed by atoms with Crippen molar-refractivity contribution >= 4 is 11.4 Å². The van der Waals surface area contributed by atoms with Crippen LogP contribution in [0.5, 0.6) is 23.0 Å². The molecule has 2 aromatic rings. The van der Waals surface area contributed by atoms with Gasteiger partial charge in [-0.05, 0) is 42.5 Å². The van der Waals surface area contributed by atoms with Gasteiger partial charge in [-0.25, -0.2) is 0 Å². The molecular weight excluding hydrogens is 272 g/mol. The van der Waals surface area contributed by atoms with Crippen LogP contribution in [0.2, 0.25) is 0 Å². The number of nitrogens with zero attached hydrogens (tertiary/aromatic N) is 2. The van der Waals surface area contributed by atoms with E-state index in [2.05, 4.69) is 10.2 Å². The Bertz CT molecular complexity index is 704. The lowest BCUT2D eigenvalue weighted by Gasteiger charge is -2.07. The molecule has 1 saturated carbocycles.